The highest BCUT2D eigenvalue weighted by molar-refractivity contribution is 5.91. The molecule has 29 heavy (non-hydrogen) atoms. The van der Waals surface area contributed by atoms with Crippen molar-refractivity contribution in [3.8, 4) is 5.75 Å². The number of benzene rings is 1. The number of ether oxygens (including phenoxy) is 2. The minimum absolute atomic E-state index is 0.0611. The van der Waals surface area contributed by atoms with Crippen LogP contribution in [0.5, 0.6) is 5.75 Å². The summed E-state index contributed by atoms with van der Waals surface area (Å²) < 4.78 is 16.0. The van der Waals surface area contributed by atoms with Gasteiger partial charge in [-0.15, -0.1) is 0 Å². The van der Waals surface area contributed by atoms with E-state index in [1.54, 1.807) is 7.11 Å². The molecule has 0 saturated carbocycles. The van der Waals surface area contributed by atoms with E-state index in [1.165, 1.54) is 5.56 Å². The van der Waals surface area contributed by atoms with Gasteiger partial charge in [0.25, 0.3) is 5.91 Å². The van der Waals surface area contributed by atoms with Crippen molar-refractivity contribution in [2.75, 3.05) is 33.4 Å². The van der Waals surface area contributed by atoms with E-state index in [9.17, 15) is 4.79 Å². The minimum Gasteiger partial charge on any atom is -0.497 e. The molecule has 0 aliphatic carbocycles. The van der Waals surface area contributed by atoms with Gasteiger partial charge in [0.15, 0.2) is 0 Å². The highest BCUT2D eigenvalue weighted by atomic mass is 16.5. The SMILES string of the molecule is COc1ccc(CN2CCC(c3cc(C(=O)NC4CCCOC4)on3)CC2)cc1. The van der Waals surface area contributed by atoms with Gasteiger partial charge in [-0.3, -0.25) is 9.69 Å². The van der Waals surface area contributed by atoms with Gasteiger partial charge in [-0.25, -0.2) is 0 Å². The van der Waals surface area contributed by atoms with Crippen molar-refractivity contribution in [3.05, 3.63) is 47.3 Å². The molecule has 7 nitrogen and oxygen atoms in total. The first-order valence-electron chi connectivity index (χ1n) is 10.4. The molecule has 1 unspecified atom stereocenters. The highest BCUT2D eigenvalue weighted by Crippen LogP contribution is 2.28. The van der Waals surface area contributed by atoms with Gasteiger partial charge < -0.3 is 19.3 Å². The van der Waals surface area contributed by atoms with Crippen LogP contribution in [-0.4, -0.2) is 55.4 Å². The molecule has 0 spiro atoms. The Hall–Kier alpha value is -2.38. The molecule has 1 atom stereocenters. The molecule has 2 aliphatic heterocycles. The molecular formula is C22H29N3O4. The Kier molecular flexibility index (Phi) is 6.46. The second kappa shape index (κ2) is 9.41. The first kappa shape index (κ1) is 19.9. The molecule has 156 valence electrons. The lowest BCUT2D eigenvalue weighted by Gasteiger charge is -2.31. The summed E-state index contributed by atoms with van der Waals surface area (Å²) in [5.41, 5.74) is 2.18. The maximum Gasteiger partial charge on any atom is 0.290 e. The third-order valence-electron chi connectivity index (χ3n) is 5.82. The third kappa shape index (κ3) is 5.16. The fourth-order valence-electron chi connectivity index (χ4n) is 4.08. The van der Waals surface area contributed by atoms with Gasteiger partial charge in [0.2, 0.25) is 5.76 Å². The monoisotopic (exact) mass is 399 g/mol. The van der Waals surface area contributed by atoms with E-state index in [1.807, 2.05) is 18.2 Å². The normalized spacial score (nSPS) is 21.1. The van der Waals surface area contributed by atoms with E-state index in [4.69, 9.17) is 14.0 Å². The van der Waals surface area contributed by atoms with E-state index < -0.39 is 0 Å². The van der Waals surface area contributed by atoms with Crippen LogP contribution in [0.3, 0.4) is 0 Å². The second-order valence-electron chi connectivity index (χ2n) is 7.90. The lowest BCUT2D eigenvalue weighted by Crippen LogP contribution is -2.40. The number of methoxy groups -OCH3 is 1. The van der Waals surface area contributed by atoms with Crippen LogP contribution in [0, 0.1) is 0 Å². The Balaban J connectivity index is 1.26. The lowest BCUT2D eigenvalue weighted by molar-refractivity contribution is 0.0608. The fourth-order valence-corrected chi connectivity index (χ4v) is 4.08. The molecule has 3 heterocycles. The molecule has 2 fully saturated rings. The number of piperidine rings is 1. The lowest BCUT2D eigenvalue weighted by atomic mass is 9.93. The number of hydrogen-bond acceptors (Lipinski definition) is 6. The van der Waals surface area contributed by atoms with Crippen LogP contribution >= 0.6 is 0 Å². The van der Waals surface area contributed by atoms with Crippen LogP contribution in [-0.2, 0) is 11.3 Å². The van der Waals surface area contributed by atoms with Gasteiger partial charge in [0, 0.05) is 25.1 Å². The van der Waals surface area contributed by atoms with Crippen LogP contribution in [0.1, 0.15) is 53.4 Å². The van der Waals surface area contributed by atoms with Gasteiger partial charge in [-0.2, -0.15) is 0 Å². The Morgan fingerprint density at radius 1 is 1.24 bits per heavy atom. The quantitative estimate of drug-likeness (QED) is 0.805. The smallest absolute Gasteiger partial charge is 0.290 e. The van der Waals surface area contributed by atoms with E-state index in [0.717, 1.165) is 63.4 Å². The molecule has 0 radical (unpaired) electrons. The van der Waals surface area contributed by atoms with Crippen molar-refractivity contribution in [1.82, 2.24) is 15.4 Å². The summed E-state index contributed by atoms with van der Waals surface area (Å²) in [4.78, 5) is 14.8. The largest absolute Gasteiger partial charge is 0.497 e. The van der Waals surface area contributed by atoms with E-state index in [2.05, 4.69) is 27.5 Å². The van der Waals surface area contributed by atoms with Crippen molar-refractivity contribution in [2.45, 2.75) is 44.2 Å². The summed E-state index contributed by atoms with van der Waals surface area (Å²) in [7, 11) is 1.68. The molecule has 2 aliphatic rings. The van der Waals surface area contributed by atoms with Crippen molar-refractivity contribution in [3.63, 3.8) is 0 Å². The summed E-state index contributed by atoms with van der Waals surface area (Å²) in [5, 5.41) is 7.16. The van der Waals surface area contributed by atoms with E-state index in [0.29, 0.717) is 18.3 Å². The number of nitrogens with zero attached hydrogens (tertiary/aromatic N) is 2. The average Bonchev–Trinajstić information content (AvgIpc) is 3.26. The summed E-state index contributed by atoms with van der Waals surface area (Å²) in [5.74, 6) is 1.32. The number of likely N-dealkylation sites (tertiary alicyclic amines) is 1. The number of carbonyl (C=O) groups excluding carboxylic acids is 1. The molecule has 4 rings (SSSR count). The van der Waals surface area contributed by atoms with Crippen LogP contribution in [0.25, 0.3) is 0 Å². The summed E-state index contributed by atoms with van der Waals surface area (Å²) in [6.07, 6.45) is 3.95. The zero-order valence-electron chi connectivity index (χ0n) is 16.9. The standard InChI is InChI=1S/C22H29N3O4/c1-27-19-6-4-16(5-7-19)14-25-10-8-17(9-11-25)20-13-21(29-24-20)22(26)23-18-3-2-12-28-15-18/h4-7,13,17-18H,2-3,8-12,14-15H2,1H3,(H,23,26). The summed E-state index contributed by atoms with van der Waals surface area (Å²) >= 11 is 0. The van der Waals surface area contributed by atoms with Crippen LogP contribution in [0.4, 0.5) is 0 Å². The zero-order valence-corrected chi connectivity index (χ0v) is 16.9. The number of aromatic nitrogens is 1. The number of amides is 1. The van der Waals surface area contributed by atoms with Gasteiger partial charge in [-0.1, -0.05) is 17.3 Å². The molecule has 1 aromatic heterocycles. The molecule has 0 bridgehead atoms. The van der Waals surface area contributed by atoms with Crippen LogP contribution < -0.4 is 10.1 Å². The maximum atomic E-state index is 12.4. The first-order valence-corrected chi connectivity index (χ1v) is 10.4. The Bertz CT molecular complexity index is 791. The summed E-state index contributed by atoms with van der Waals surface area (Å²) in [6.45, 7) is 4.29. The Labute approximate surface area is 171 Å². The fraction of sp³-hybridized carbons (Fsp3) is 0.545. The van der Waals surface area contributed by atoms with Crippen LogP contribution in [0.2, 0.25) is 0 Å². The molecule has 1 amide bonds. The Morgan fingerprint density at radius 3 is 2.72 bits per heavy atom. The minimum atomic E-state index is -0.198. The van der Waals surface area contributed by atoms with E-state index in [-0.39, 0.29) is 11.9 Å². The maximum absolute atomic E-state index is 12.4. The van der Waals surface area contributed by atoms with Gasteiger partial charge in [-0.05, 0) is 56.5 Å². The highest BCUT2D eigenvalue weighted by Gasteiger charge is 2.26. The molecule has 1 aromatic carbocycles. The van der Waals surface area contributed by atoms with Crippen molar-refractivity contribution in [2.24, 2.45) is 0 Å². The summed E-state index contributed by atoms with van der Waals surface area (Å²) in [6, 6.07) is 10.1. The van der Waals surface area contributed by atoms with Crippen molar-refractivity contribution in [1.29, 1.82) is 0 Å². The predicted octanol–water partition coefficient (Wildman–Crippen LogP) is 2.97. The van der Waals surface area contributed by atoms with Gasteiger partial charge >= 0.3 is 0 Å². The number of nitrogens with one attached hydrogen (secondary N) is 1. The van der Waals surface area contributed by atoms with Crippen molar-refractivity contribution < 1.29 is 18.8 Å². The van der Waals surface area contributed by atoms with Gasteiger partial charge in [0.05, 0.1) is 25.5 Å². The molecule has 7 heteroatoms. The average molecular weight is 399 g/mol. The number of hydrogen-bond donors (Lipinski definition) is 1. The topological polar surface area (TPSA) is 76.8 Å². The molecule has 2 saturated heterocycles. The second-order valence-corrected chi connectivity index (χ2v) is 7.90. The number of carbonyl (C=O) groups is 1. The molecule has 2 aromatic rings. The van der Waals surface area contributed by atoms with E-state index >= 15 is 0 Å². The molecule has 1 N–H and O–H groups in total. The van der Waals surface area contributed by atoms with Crippen LogP contribution in [0.15, 0.2) is 34.9 Å². The first-order chi connectivity index (χ1) is 14.2. The van der Waals surface area contributed by atoms with Crippen molar-refractivity contribution >= 4 is 5.91 Å². The molecular weight excluding hydrogens is 370 g/mol. The number of rotatable bonds is 6. The predicted molar refractivity (Wildman–Crippen MR) is 108 cm³/mol. The Morgan fingerprint density at radius 2 is 2.03 bits per heavy atom. The zero-order chi connectivity index (χ0) is 20.1. The van der Waals surface area contributed by atoms with Gasteiger partial charge in [0.1, 0.15) is 5.75 Å². The third-order valence-corrected chi connectivity index (χ3v) is 5.82.